The Morgan fingerprint density at radius 1 is 1.10 bits per heavy atom. The lowest BCUT2D eigenvalue weighted by atomic mass is 9.96. The summed E-state index contributed by atoms with van der Waals surface area (Å²) in [6.45, 7) is 6.16. The molecule has 1 fully saturated rings. The first kappa shape index (κ1) is 19.5. The maximum atomic E-state index is 13.2. The lowest BCUT2D eigenvalue weighted by molar-refractivity contribution is 0.0930. The molecule has 3 aromatic carbocycles. The Bertz CT molecular complexity index is 1060. The van der Waals surface area contributed by atoms with Gasteiger partial charge in [0, 0.05) is 11.1 Å². The van der Waals surface area contributed by atoms with Crippen molar-refractivity contribution < 1.29 is 9.53 Å². The number of aryl methyl sites for hydroxylation is 1. The molecule has 0 saturated heterocycles. The van der Waals surface area contributed by atoms with Crippen molar-refractivity contribution in [3.8, 4) is 5.75 Å². The predicted octanol–water partition coefficient (Wildman–Crippen LogP) is 4.68. The molecule has 0 bridgehead atoms. The Morgan fingerprint density at radius 2 is 1.83 bits per heavy atom. The first-order valence-electron chi connectivity index (χ1n) is 10.1. The summed E-state index contributed by atoms with van der Waals surface area (Å²) in [5.41, 5.74) is 8.05. The highest BCUT2D eigenvalue weighted by Crippen LogP contribution is 2.48. The van der Waals surface area contributed by atoms with E-state index in [-0.39, 0.29) is 11.4 Å². The van der Waals surface area contributed by atoms with Gasteiger partial charge in [-0.25, -0.2) is 0 Å². The van der Waals surface area contributed by atoms with E-state index in [2.05, 4.69) is 35.6 Å². The zero-order valence-corrected chi connectivity index (χ0v) is 17.3. The van der Waals surface area contributed by atoms with E-state index in [1.54, 1.807) is 0 Å². The fourth-order valence-corrected chi connectivity index (χ4v) is 3.72. The summed E-state index contributed by atoms with van der Waals surface area (Å²) >= 11 is 0. The van der Waals surface area contributed by atoms with Crippen molar-refractivity contribution in [1.29, 1.82) is 0 Å². The van der Waals surface area contributed by atoms with Gasteiger partial charge in [-0.2, -0.15) is 0 Å². The van der Waals surface area contributed by atoms with Crippen LogP contribution in [0.2, 0.25) is 0 Å². The molecule has 4 rings (SSSR count). The smallest absolute Gasteiger partial charge is 0.252 e. The number of carbonyl (C=O) groups excluding carboxylic acids is 1. The Morgan fingerprint density at radius 3 is 2.55 bits per heavy atom. The van der Waals surface area contributed by atoms with Gasteiger partial charge in [0.2, 0.25) is 0 Å². The van der Waals surface area contributed by atoms with Crippen LogP contribution in [-0.4, -0.2) is 18.1 Å². The van der Waals surface area contributed by atoms with Gasteiger partial charge in [0.15, 0.2) is 0 Å². The van der Waals surface area contributed by atoms with E-state index in [0.29, 0.717) is 17.9 Å². The van der Waals surface area contributed by atoms with Crippen LogP contribution in [0, 0.1) is 6.92 Å². The van der Waals surface area contributed by atoms with Gasteiger partial charge in [0.05, 0.1) is 5.54 Å². The fourth-order valence-electron chi connectivity index (χ4n) is 3.72. The first-order chi connectivity index (χ1) is 13.8. The molecule has 150 valence electrons. The Balaban J connectivity index is 1.59. The van der Waals surface area contributed by atoms with Crippen molar-refractivity contribution >= 4 is 16.7 Å². The highest BCUT2D eigenvalue weighted by molar-refractivity contribution is 5.97. The number of nitrogens with two attached hydrogens (primary N) is 1. The summed E-state index contributed by atoms with van der Waals surface area (Å²) < 4.78 is 5.80. The van der Waals surface area contributed by atoms with E-state index in [9.17, 15) is 4.79 Å². The lowest BCUT2D eigenvalue weighted by Crippen LogP contribution is -2.38. The van der Waals surface area contributed by atoms with Crippen molar-refractivity contribution in [3.05, 3.63) is 77.4 Å². The van der Waals surface area contributed by atoms with Crippen molar-refractivity contribution in [2.24, 2.45) is 5.73 Å². The molecule has 29 heavy (non-hydrogen) atoms. The van der Waals surface area contributed by atoms with Crippen LogP contribution in [0.15, 0.2) is 60.7 Å². The lowest BCUT2D eigenvalue weighted by Gasteiger charge is -2.22. The van der Waals surface area contributed by atoms with Gasteiger partial charge in [-0.3, -0.25) is 4.79 Å². The third-order valence-corrected chi connectivity index (χ3v) is 5.47. The van der Waals surface area contributed by atoms with Crippen LogP contribution >= 0.6 is 0 Å². The number of rotatable bonds is 6. The average molecular weight is 389 g/mol. The molecule has 0 aliphatic heterocycles. The standard InChI is InChI=1S/C25H28N2O2/c1-17-11-12-19(29-16-24(2,3)26)15-21(17)23(28)27-25(13-14-25)22-10-6-8-18-7-4-5-9-20(18)22/h4-12,15H,13-14,16,26H2,1-3H3,(H,27,28). The minimum atomic E-state index is -0.431. The Hall–Kier alpha value is -2.85. The van der Waals surface area contributed by atoms with Crippen LogP contribution < -0.4 is 15.8 Å². The van der Waals surface area contributed by atoms with E-state index in [4.69, 9.17) is 10.5 Å². The number of hydrogen-bond acceptors (Lipinski definition) is 3. The van der Waals surface area contributed by atoms with Crippen LogP contribution in [0.25, 0.3) is 10.8 Å². The fraction of sp³-hybridized carbons (Fsp3) is 0.320. The zero-order chi connectivity index (χ0) is 20.6. The molecule has 1 amide bonds. The first-order valence-corrected chi connectivity index (χ1v) is 10.1. The van der Waals surface area contributed by atoms with E-state index >= 15 is 0 Å². The largest absolute Gasteiger partial charge is 0.492 e. The molecule has 0 heterocycles. The van der Waals surface area contributed by atoms with Gasteiger partial charge in [-0.05, 0) is 67.6 Å². The molecule has 0 spiro atoms. The van der Waals surface area contributed by atoms with Crippen LogP contribution in [0.3, 0.4) is 0 Å². The summed E-state index contributed by atoms with van der Waals surface area (Å²) in [6, 6.07) is 20.3. The minimum Gasteiger partial charge on any atom is -0.492 e. The normalized spacial score (nSPS) is 15.2. The summed E-state index contributed by atoms with van der Waals surface area (Å²) in [5.74, 6) is 0.597. The van der Waals surface area contributed by atoms with Gasteiger partial charge in [0.25, 0.3) is 5.91 Å². The summed E-state index contributed by atoms with van der Waals surface area (Å²) in [6.07, 6.45) is 1.90. The maximum absolute atomic E-state index is 13.2. The molecule has 0 atom stereocenters. The average Bonchev–Trinajstić information content (AvgIpc) is 3.46. The van der Waals surface area contributed by atoms with E-state index < -0.39 is 5.54 Å². The summed E-state index contributed by atoms with van der Waals surface area (Å²) in [5, 5.41) is 5.71. The van der Waals surface area contributed by atoms with Gasteiger partial charge < -0.3 is 15.8 Å². The second-order valence-electron chi connectivity index (χ2n) is 8.82. The number of hydrogen-bond donors (Lipinski definition) is 2. The van der Waals surface area contributed by atoms with Gasteiger partial charge in [-0.1, -0.05) is 48.5 Å². The maximum Gasteiger partial charge on any atom is 0.252 e. The highest BCUT2D eigenvalue weighted by Gasteiger charge is 2.46. The molecule has 1 saturated carbocycles. The molecule has 1 aliphatic carbocycles. The van der Waals surface area contributed by atoms with Gasteiger partial charge >= 0.3 is 0 Å². The van der Waals surface area contributed by atoms with E-state index in [1.165, 1.54) is 16.3 Å². The van der Waals surface area contributed by atoms with Crippen molar-refractivity contribution in [2.45, 2.75) is 44.7 Å². The Kier molecular flexibility index (Phi) is 4.83. The highest BCUT2D eigenvalue weighted by atomic mass is 16.5. The number of carbonyl (C=O) groups is 1. The van der Waals surface area contributed by atoms with Gasteiger partial charge in [-0.15, -0.1) is 0 Å². The van der Waals surface area contributed by atoms with Crippen molar-refractivity contribution in [2.75, 3.05) is 6.61 Å². The van der Waals surface area contributed by atoms with E-state index in [1.807, 2.05) is 51.1 Å². The van der Waals surface area contributed by atoms with Crippen LogP contribution in [0.1, 0.15) is 48.2 Å². The minimum absolute atomic E-state index is 0.0645. The predicted molar refractivity (Wildman–Crippen MR) is 117 cm³/mol. The molecule has 0 radical (unpaired) electrons. The van der Waals surface area contributed by atoms with Crippen molar-refractivity contribution in [3.63, 3.8) is 0 Å². The van der Waals surface area contributed by atoms with E-state index in [0.717, 1.165) is 18.4 Å². The second kappa shape index (κ2) is 7.20. The number of benzene rings is 3. The number of ether oxygens (including phenoxy) is 1. The zero-order valence-electron chi connectivity index (χ0n) is 17.3. The molecule has 0 unspecified atom stereocenters. The molecular formula is C25H28N2O2. The monoisotopic (exact) mass is 388 g/mol. The van der Waals surface area contributed by atoms with Crippen LogP contribution in [0.4, 0.5) is 0 Å². The second-order valence-corrected chi connectivity index (χ2v) is 8.82. The molecule has 4 heteroatoms. The number of amides is 1. The third-order valence-electron chi connectivity index (χ3n) is 5.47. The van der Waals surface area contributed by atoms with Crippen LogP contribution in [-0.2, 0) is 5.54 Å². The topological polar surface area (TPSA) is 64.3 Å². The molecule has 1 aliphatic rings. The molecule has 3 aromatic rings. The quantitative estimate of drug-likeness (QED) is 0.644. The van der Waals surface area contributed by atoms with Crippen LogP contribution in [0.5, 0.6) is 5.75 Å². The summed E-state index contributed by atoms with van der Waals surface area (Å²) in [4.78, 5) is 13.2. The number of fused-ring (bicyclic) bond motifs is 1. The van der Waals surface area contributed by atoms with Gasteiger partial charge in [0.1, 0.15) is 12.4 Å². The number of nitrogens with one attached hydrogen (secondary N) is 1. The SMILES string of the molecule is Cc1ccc(OCC(C)(C)N)cc1C(=O)NC1(c2cccc3ccccc23)CC1. The molecular weight excluding hydrogens is 360 g/mol. The molecule has 0 aromatic heterocycles. The molecule has 4 nitrogen and oxygen atoms in total. The third kappa shape index (κ3) is 4.13. The Labute approximate surface area is 172 Å². The summed E-state index contributed by atoms with van der Waals surface area (Å²) in [7, 11) is 0. The molecule has 3 N–H and O–H groups in total. The van der Waals surface area contributed by atoms with Crippen molar-refractivity contribution in [1.82, 2.24) is 5.32 Å².